The molecule has 0 bridgehead atoms. The van der Waals surface area contributed by atoms with Gasteiger partial charge in [-0.1, -0.05) is 12.1 Å². The first-order chi connectivity index (χ1) is 14.0. The van der Waals surface area contributed by atoms with Crippen LogP contribution in [0.1, 0.15) is 4.88 Å². The van der Waals surface area contributed by atoms with Crippen LogP contribution in [0, 0.1) is 3.95 Å². The zero-order valence-corrected chi connectivity index (χ0v) is 17.2. The monoisotopic (exact) mass is 424 g/mol. The minimum atomic E-state index is -0.395. The number of benzene rings is 2. The molecule has 3 aromatic rings. The minimum absolute atomic E-state index is 0.0567. The topological polar surface area (TPSA) is 73.0 Å². The number of methoxy groups -OCH3 is 2. The van der Waals surface area contributed by atoms with Gasteiger partial charge in [0.25, 0.3) is 5.91 Å². The number of aromatic hydroxyl groups is 1. The lowest BCUT2D eigenvalue weighted by molar-refractivity contribution is -0.114. The Balaban J connectivity index is 1.83. The maximum atomic E-state index is 12.5. The van der Waals surface area contributed by atoms with Crippen LogP contribution >= 0.6 is 23.6 Å². The molecule has 1 aromatic heterocycles. The maximum absolute atomic E-state index is 12.5. The summed E-state index contributed by atoms with van der Waals surface area (Å²) in [4.78, 5) is 17.1. The maximum Gasteiger partial charge on any atom is 0.277 e. The number of thiazole rings is 1. The van der Waals surface area contributed by atoms with Crippen LogP contribution in [0.15, 0.2) is 53.0 Å². The van der Waals surface area contributed by atoms with Crippen molar-refractivity contribution in [1.29, 1.82) is 0 Å². The summed E-state index contributed by atoms with van der Waals surface area (Å²) in [5.74, 6) is 0.756. The number of hydrogen-bond donors (Lipinski definition) is 1. The summed E-state index contributed by atoms with van der Waals surface area (Å²) in [6, 6.07) is 12.6. The van der Waals surface area contributed by atoms with Crippen molar-refractivity contribution in [1.82, 2.24) is 4.57 Å². The van der Waals surface area contributed by atoms with E-state index < -0.39 is 5.91 Å². The van der Waals surface area contributed by atoms with E-state index in [-0.39, 0.29) is 5.88 Å². The lowest BCUT2D eigenvalue weighted by Crippen LogP contribution is -2.30. The first-order valence-corrected chi connectivity index (χ1v) is 9.83. The summed E-state index contributed by atoms with van der Waals surface area (Å²) in [5, 5.41) is 12.1. The summed E-state index contributed by atoms with van der Waals surface area (Å²) in [7, 11) is 3.11. The fraction of sp³-hybridized carbons (Fsp3) is 0.0952. The lowest BCUT2D eigenvalue weighted by atomic mass is 10.1. The van der Waals surface area contributed by atoms with Crippen molar-refractivity contribution < 1.29 is 19.4 Å². The summed E-state index contributed by atoms with van der Waals surface area (Å²) in [6.07, 6.45) is 3.33. The highest BCUT2D eigenvalue weighted by atomic mass is 32.1. The molecular formula is C21H16N2O4S2. The molecule has 0 spiro atoms. The third-order valence-corrected chi connectivity index (χ3v) is 5.75. The van der Waals surface area contributed by atoms with E-state index in [2.05, 4.69) is 4.99 Å². The standard InChI is InChI=1S/C21H16N2O4S2/c1-26-14-8-7-12-9-13(19(24)22-15(12)11-14)10-18-20(25)23(21(28)29-18)16-5-3-4-6-17(16)27-2/h3-11,25H,1-2H3. The van der Waals surface area contributed by atoms with Crippen molar-refractivity contribution in [2.45, 2.75) is 0 Å². The fourth-order valence-electron chi connectivity index (χ4n) is 3.02. The molecule has 146 valence electrons. The van der Waals surface area contributed by atoms with E-state index in [0.717, 1.165) is 5.22 Å². The lowest BCUT2D eigenvalue weighted by Gasteiger charge is -2.10. The summed E-state index contributed by atoms with van der Waals surface area (Å²) < 4.78 is 12.5. The Kier molecular flexibility index (Phi) is 5.04. The molecule has 29 heavy (non-hydrogen) atoms. The SMILES string of the molecule is COc1ccc2c(c1)=NC(=O)C(=Cc1sc(=S)n(-c3ccccc3OC)c1O)C=2. The largest absolute Gasteiger partial charge is 0.497 e. The first-order valence-electron chi connectivity index (χ1n) is 8.60. The second kappa shape index (κ2) is 7.65. The van der Waals surface area contributed by atoms with E-state index in [0.29, 0.717) is 36.9 Å². The molecular weight excluding hydrogens is 408 g/mol. The van der Waals surface area contributed by atoms with E-state index in [4.69, 9.17) is 21.7 Å². The van der Waals surface area contributed by atoms with Crippen molar-refractivity contribution in [2.75, 3.05) is 14.2 Å². The second-order valence-corrected chi connectivity index (χ2v) is 7.82. The Hall–Kier alpha value is -3.23. The van der Waals surface area contributed by atoms with Gasteiger partial charge in [0.15, 0.2) is 3.95 Å². The summed E-state index contributed by atoms with van der Waals surface area (Å²) in [6.45, 7) is 0. The van der Waals surface area contributed by atoms with Crippen LogP contribution in [0.5, 0.6) is 17.4 Å². The molecule has 1 aliphatic rings. The number of carbonyl (C=O) groups is 1. The number of para-hydroxylation sites is 2. The average molecular weight is 425 g/mol. The van der Waals surface area contributed by atoms with Crippen LogP contribution in [0.3, 0.4) is 0 Å². The van der Waals surface area contributed by atoms with Crippen LogP contribution in [0.2, 0.25) is 0 Å². The van der Waals surface area contributed by atoms with Crippen LogP contribution in [0.4, 0.5) is 0 Å². The van der Waals surface area contributed by atoms with Crippen molar-refractivity contribution >= 4 is 41.6 Å². The van der Waals surface area contributed by atoms with Gasteiger partial charge in [-0.25, -0.2) is 4.99 Å². The van der Waals surface area contributed by atoms with E-state index in [9.17, 15) is 9.90 Å². The zero-order chi connectivity index (χ0) is 20.5. The number of amides is 1. The molecule has 0 saturated carbocycles. The van der Waals surface area contributed by atoms with Crippen LogP contribution < -0.4 is 20.0 Å². The smallest absolute Gasteiger partial charge is 0.277 e. The molecule has 6 nitrogen and oxygen atoms in total. The van der Waals surface area contributed by atoms with Gasteiger partial charge in [0.05, 0.1) is 30.1 Å². The van der Waals surface area contributed by atoms with Crippen LogP contribution in [0.25, 0.3) is 17.8 Å². The number of ether oxygens (including phenoxy) is 2. The van der Waals surface area contributed by atoms with Crippen LogP contribution in [-0.2, 0) is 4.79 Å². The van der Waals surface area contributed by atoms with E-state index in [1.807, 2.05) is 18.2 Å². The van der Waals surface area contributed by atoms with E-state index >= 15 is 0 Å². The van der Waals surface area contributed by atoms with Gasteiger partial charge in [0.2, 0.25) is 5.88 Å². The van der Waals surface area contributed by atoms with Crippen molar-refractivity contribution in [3.8, 4) is 23.1 Å². The van der Waals surface area contributed by atoms with Gasteiger partial charge in [0.1, 0.15) is 11.5 Å². The predicted octanol–water partition coefficient (Wildman–Crippen LogP) is 3.01. The molecule has 0 saturated heterocycles. The molecule has 0 atom stereocenters. The van der Waals surface area contributed by atoms with E-state index in [1.54, 1.807) is 50.6 Å². The number of rotatable bonds is 4. The van der Waals surface area contributed by atoms with E-state index in [1.165, 1.54) is 15.9 Å². The van der Waals surface area contributed by atoms with Gasteiger partial charge < -0.3 is 14.6 Å². The Morgan fingerprint density at radius 3 is 2.72 bits per heavy atom. The van der Waals surface area contributed by atoms with Gasteiger partial charge in [-0.15, -0.1) is 11.3 Å². The van der Waals surface area contributed by atoms with Gasteiger partial charge in [-0.3, -0.25) is 9.36 Å². The first kappa shape index (κ1) is 19.1. The highest BCUT2D eigenvalue weighted by Gasteiger charge is 2.18. The van der Waals surface area contributed by atoms with Crippen LogP contribution in [-0.4, -0.2) is 29.8 Å². The Morgan fingerprint density at radius 2 is 1.97 bits per heavy atom. The van der Waals surface area contributed by atoms with Gasteiger partial charge in [-0.2, -0.15) is 0 Å². The van der Waals surface area contributed by atoms with Crippen molar-refractivity contribution in [3.63, 3.8) is 0 Å². The normalized spacial score (nSPS) is 14.1. The van der Waals surface area contributed by atoms with Crippen molar-refractivity contribution in [3.05, 3.63) is 67.4 Å². The Morgan fingerprint density at radius 1 is 1.17 bits per heavy atom. The Labute approximate surface area is 175 Å². The molecule has 8 heteroatoms. The highest BCUT2D eigenvalue weighted by molar-refractivity contribution is 7.73. The number of nitrogens with zero attached hydrogens (tertiary/aromatic N) is 2. The van der Waals surface area contributed by atoms with Crippen molar-refractivity contribution in [2.24, 2.45) is 4.99 Å². The summed E-state index contributed by atoms with van der Waals surface area (Å²) in [5.41, 5.74) is 0.987. The molecule has 1 aliphatic heterocycles. The Bertz CT molecular complexity index is 1340. The quantitative estimate of drug-likeness (QED) is 0.515. The van der Waals surface area contributed by atoms with Gasteiger partial charge >= 0.3 is 0 Å². The molecule has 0 fully saturated rings. The summed E-state index contributed by atoms with van der Waals surface area (Å²) >= 11 is 6.64. The predicted molar refractivity (Wildman–Crippen MR) is 114 cm³/mol. The average Bonchev–Trinajstić information content (AvgIpc) is 3.01. The molecule has 4 rings (SSSR count). The number of carbonyl (C=O) groups excluding carboxylic acids is 1. The minimum Gasteiger partial charge on any atom is -0.497 e. The molecule has 0 radical (unpaired) electrons. The molecule has 0 aliphatic carbocycles. The zero-order valence-electron chi connectivity index (χ0n) is 15.6. The second-order valence-electron chi connectivity index (χ2n) is 6.15. The number of fused-ring (bicyclic) bond motifs is 1. The molecule has 0 unspecified atom stereocenters. The molecule has 1 amide bonds. The molecule has 2 aromatic carbocycles. The molecule has 2 heterocycles. The number of aromatic nitrogens is 1. The number of hydrogen-bond acceptors (Lipinski definition) is 6. The fourth-order valence-corrected chi connectivity index (χ4v) is 4.31. The van der Waals surface area contributed by atoms with Gasteiger partial charge in [0, 0.05) is 16.9 Å². The third-order valence-electron chi connectivity index (χ3n) is 4.44. The third kappa shape index (κ3) is 3.48. The molecule has 1 N–H and O–H groups in total. The van der Waals surface area contributed by atoms with Gasteiger partial charge in [-0.05, 0) is 48.6 Å². The highest BCUT2D eigenvalue weighted by Crippen LogP contribution is 2.35.